The van der Waals surface area contributed by atoms with Crippen LogP contribution in [0.25, 0.3) is 0 Å². The maximum atomic E-state index is 6.05. The Morgan fingerprint density at radius 3 is 2.81 bits per heavy atom. The van der Waals surface area contributed by atoms with Gasteiger partial charge in [0.2, 0.25) is 11.8 Å². The van der Waals surface area contributed by atoms with E-state index in [2.05, 4.69) is 31.9 Å². The van der Waals surface area contributed by atoms with Crippen LogP contribution in [0.4, 0.5) is 5.95 Å². The standard InChI is InChI=1S/C19H26N4O3/c1-24-18-7-8-20-19(21-18)23-11-9-22(10-12-23)14-15-5-6-17(26-15)16-4-2-3-13-25-16/h5-8,16H,2-4,9-14H2,1H3/t16-/m0/s1. The maximum absolute atomic E-state index is 6.05. The lowest BCUT2D eigenvalue weighted by Crippen LogP contribution is -2.46. The van der Waals surface area contributed by atoms with Crippen molar-refractivity contribution in [1.29, 1.82) is 0 Å². The number of piperazine rings is 1. The second-order valence-electron chi connectivity index (χ2n) is 6.82. The van der Waals surface area contributed by atoms with E-state index < -0.39 is 0 Å². The fourth-order valence-electron chi connectivity index (χ4n) is 3.54. The largest absolute Gasteiger partial charge is 0.481 e. The van der Waals surface area contributed by atoms with E-state index >= 15 is 0 Å². The predicted octanol–water partition coefficient (Wildman–Crippen LogP) is 2.64. The minimum atomic E-state index is 0.138. The zero-order valence-electron chi connectivity index (χ0n) is 15.3. The number of anilines is 1. The van der Waals surface area contributed by atoms with E-state index in [0.29, 0.717) is 5.88 Å². The highest BCUT2D eigenvalue weighted by Gasteiger charge is 2.22. The van der Waals surface area contributed by atoms with Crippen molar-refractivity contribution < 1.29 is 13.9 Å². The summed E-state index contributed by atoms with van der Waals surface area (Å²) >= 11 is 0. The first-order chi connectivity index (χ1) is 12.8. The quantitative estimate of drug-likeness (QED) is 0.814. The zero-order chi connectivity index (χ0) is 17.8. The van der Waals surface area contributed by atoms with Gasteiger partial charge in [0, 0.05) is 45.0 Å². The summed E-state index contributed by atoms with van der Waals surface area (Å²) in [5.74, 6) is 3.33. The summed E-state index contributed by atoms with van der Waals surface area (Å²) in [6.45, 7) is 5.38. The molecule has 2 aromatic heterocycles. The van der Waals surface area contributed by atoms with E-state index in [0.717, 1.165) is 69.6 Å². The van der Waals surface area contributed by atoms with Crippen LogP contribution >= 0.6 is 0 Å². The third kappa shape index (κ3) is 3.99. The minimum Gasteiger partial charge on any atom is -0.481 e. The molecule has 1 atom stereocenters. The Labute approximate surface area is 153 Å². The molecule has 0 bridgehead atoms. The fourth-order valence-corrected chi connectivity index (χ4v) is 3.54. The smallest absolute Gasteiger partial charge is 0.228 e. The lowest BCUT2D eigenvalue weighted by Gasteiger charge is -2.34. The Kier molecular flexibility index (Phi) is 5.36. The van der Waals surface area contributed by atoms with E-state index in [9.17, 15) is 0 Å². The molecule has 0 radical (unpaired) electrons. The van der Waals surface area contributed by atoms with Crippen LogP contribution in [0.1, 0.15) is 36.9 Å². The number of furan rings is 1. The molecule has 2 aliphatic heterocycles. The van der Waals surface area contributed by atoms with Gasteiger partial charge in [-0.25, -0.2) is 4.98 Å². The highest BCUT2D eigenvalue weighted by Crippen LogP contribution is 2.29. The van der Waals surface area contributed by atoms with E-state index in [1.54, 1.807) is 19.4 Å². The van der Waals surface area contributed by atoms with Crippen LogP contribution in [0.3, 0.4) is 0 Å². The molecule has 0 saturated carbocycles. The summed E-state index contributed by atoms with van der Waals surface area (Å²) in [5, 5.41) is 0. The van der Waals surface area contributed by atoms with Gasteiger partial charge in [0.25, 0.3) is 0 Å². The third-order valence-electron chi connectivity index (χ3n) is 5.04. The topological polar surface area (TPSA) is 63.9 Å². The monoisotopic (exact) mass is 358 g/mol. The molecular weight excluding hydrogens is 332 g/mol. The Hall–Kier alpha value is -2.12. The molecule has 140 valence electrons. The van der Waals surface area contributed by atoms with Crippen LogP contribution in [0, 0.1) is 0 Å². The van der Waals surface area contributed by atoms with Crippen LogP contribution in [0.5, 0.6) is 5.88 Å². The summed E-state index contributed by atoms with van der Waals surface area (Å²) in [7, 11) is 1.63. The van der Waals surface area contributed by atoms with Crippen LogP contribution < -0.4 is 9.64 Å². The lowest BCUT2D eigenvalue weighted by atomic mass is 10.1. The molecule has 7 nitrogen and oxygen atoms in total. The van der Waals surface area contributed by atoms with Crippen LogP contribution in [0.15, 0.2) is 28.8 Å². The molecule has 4 rings (SSSR count). The molecule has 0 aliphatic carbocycles. The first kappa shape index (κ1) is 17.3. The minimum absolute atomic E-state index is 0.138. The molecule has 0 unspecified atom stereocenters. The molecule has 0 amide bonds. The number of hydrogen-bond donors (Lipinski definition) is 0. The Morgan fingerprint density at radius 1 is 1.15 bits per heavy atom. The van der Waals surface area contributed by atoms with Crippen molar-refractivity contribution in [1.82, 2.24) is 14.9 Å². The lowest BCUT2D eigenvalue weighted by molar-refractivity contribution is 0.000832. The van der Waals surface area contributed by atoms with Crippen molar-refractivity contribution in [3.63, 3.8) is 0 Å². The molecule has 0 spiro atoms. The number of ether oxygens (including phenoxy) is 2. The van der Waals surface area contributed by atoms with Crippen molar-refractivity contribution >= 4 is 5.95 Å². The maximum Gasteiger partial charge on any atom is 0.228 e. The van der Waals surface area contributed by atoms with Gasteiger partial charge in [-0.1, -0.05) is 0 Å². The molecule has 4 heterocycles. The number of aromatic nitrogens is 2. The molecule has 0 aromatic carbocycles. The number of nitrogens with zero attached hydrogens (tertiary/aromatic N) is 4. The average molecular weight is 358 g/mol. The molecule has 2 aromatic rings. The van der Waals surface area contributed by atoms with Gasteiger partial charge >= 0.3 is 0 Å². The molecule has 2 aliphatic rings. The van der Waals surface area contributed by atoms with Crippen molar-refractivity contribution in [3.8, 4) is 5.88 Å². The van der Waals surface area contributed by atoms with Crippen molar-refractivity contribution in [3.05, 3.63) is 35.9 Å². The van der Waals surface area contributed by atoms with E-state index in [4.69, 9.17) is 13.9 Å². The Morgan fingerprint density at radius 2 is 2.04 bits per heavy atom. The van der Waals surface area contributed by atoms with Crippen LogP contribution in [-0.2, 0) is 11.3 Å². The van der Waals surface area contributed by atoms with Gasteiger partial charge in [-0.3, -0.25) is 4.90 Å². The Bertz CT molecular complexity index is 706. The number of hydrogen-bond acceptors (Lipinski definition) is 7. The average Bonchev–Trinajstić information content (AvgIpc) is 3.18. The summed E-state index contributed by atoms with van der Waals surface area (Å²) < 4.78 is 17.0. The van der Waals surface area contributed by atoms with Gasteiger partial charge in [-0.2, -0.15) is 4.98 Å². The second-order valence-corrected chi connectivity index (χ2v) is 6.82. The fraction of sp³-hybridized carbons (Fsp3) is 0.579. The van der Waals surface area contributed by atoms with Crippen molar-refractivity contribution in [2.75, 3.05) is 44.8 Å². The second kappa shape index (κ2) is 8.05. The van der Waals surface area contributed by atoms with Gasteiger partial charge in [0.1, 0.15) is 17.6 Å². The highest BCUT2D eigenvalue weighted by atomic mass is 16.5. The summed E-state index contributed by atoms with van der Waals surface area (Å²) in [4.78, 5) is 13.4. The van der Waals surface area contributed by atoms with Gasteiger partial charge < -0.3 is 18.8 Å². The molecule has 2 fully saturated rings. The third-order valence-corrected chi connectivity index (χ3v) is 5.04. The molecular formula is C19H26N4O3. The van der Waals surface area contributed by atoms with Crippen LogP contribution in [0.2, 0.25) is 0 Å². The van der Waals surface area contributed by atoms with Crippen molar-refractivity contribution in [2.24, 2.45) is 0 Å². The van der Waals surface area contributed by atoms with E-state index in [1.165, 1.54) is 6.42 Å². The summed E-state index contributed by atoms with van der Waals surface area (Å²) in [6, 6.07) is 5.93. The van der Waals surface area contributed by atoms with Gasteiger partial charge in [0.05, 0.1) is 13.7 Å². The SMILES string of the molecule is COc1ccnc(N2CCN(Cc3ccc([C@@H]4CCCCO4)o3)CC2)n1. The number of methoxy groups -OCH3 is 1. The first-order valence-corrected chi connectivity index (χ1v) is 9.36. The van der Waals surface area contributed by atoms with E-state index in [1.807, 2.05) is 0 Å². The highest BCUT2D eigenvalue weighted by molar-refractivity contribution is 5.32. The van der Waals surface area contributed by atoms with Gasteiger partial charge in [-0.15, -0.1) is 0 Å². The summed E-state index contributed by atoms with van der Waals surface area (Å²) in [5.41, 5.74) is 0. The molecule has 0 N–H and O–H groups in total. The molecule has 26 heavy (non-hydrogen) atoms. The molecule has 7 heteroatoms. The van der Waals surface area contributed by atoms with Crippen molar-refractivity contribution in [2.45, 2.75) is 31.9 Å². The number of rotatable bonds is 5. The summed E-state index contributed by atoms with van der Waals surface area (Å²) in [6.07, 6.45) is 5.32. The Balaban J connectivity index is 1.30. The van der Waals surface area contributed by atoms with Gasteiger partial charge in [0.15, 0.2) is 0 Å². The zero-order valence-corrected chi connectivity index (χ0v) is 15.3. The van der Waals surface area contributed by atoms with Crippen LogP contribution in [-0.4, -0.2) is 54.8 Å². The van der Waals surface area contributed by atoms with E-state index in [-0.39, 0.29) is 6.10 Å². The predicted molar refractivity (Wildman–Crippen MR) is 97.3 cm³/mol. The first-order valence-electron chi connectivity index (χ1n) is 9.36. The van der Waals surface area contributed by atoms with Gasteiger partial charge in [-0.05, 0) is 31.4 Å². The molecule has 2 saturated heterocycles. The normalized spacial score (nSPS) is 21.7.